The number of benzene rings is 2. The average Bonchev–Trinajstić information content (AvgIpc) is 2.56. The number of halogens is 1. The van der Waals surface area contributed by atoms with Gasteiger partial charge in [0, 0.05) is 16.1 Å². The Bertz CT molecular complexity index is 724. The van der Waals surface area contributed by atoms with Crippen LogP contribution in [0.1, 0.15) is 24.8 Å². The molecule has 0 spiro atoms. The van der Waals surface area contributed by atoms with Gasteiger partial charge in [-0.2, -0.15) is 0 Å². The molecule has 0 radical (unpaired) electrons. The normalized spacial score (nSPS) is 16.3. The fourth-order valence-corrected chi connectivity index (χ4v) is 3.44. The predicted octanol–water partition coefficient (Wildman–Crippen LogP) is 4.20. The van der Waals surface area contributed by atoms with Gasteiger partial charge >= 0.3 is 0 Å². The van der Waals surface area contributed by atoms with E-state index in [0.29, 0.717) is 12.5 Å². The van der Waals surface area contributed by atoms with E-state index in [1.54, 1.807) is 7.11 Å². The van der Waals surface area contributed by atoms with Crippen molar-refractivity contribution in [2.75, 3.05) is 19.0 Å². The number of anilines is 1. The Morgan fingerprint density at radius 2 is 1.92 bits per heavy atom. The topological polar surface area (TPSA) is 59.6 Å². The first kappa shape index (κ1) is 16.7. The molecule has 2 aromatic rings. The lowest BCUT2D eigenvalue weighted by Gasteiger charge is -2.41. The second kappa shape index (κ2) is 7.14. The zero-order valence-electron chi connectivity index (χ0n) is 13.8. The molecule has 5 heteroatoms. The summed E-state index contributed by atoms with van der Waals surface area (Å²) >= 11 is 6.39. The number of nitrogens with two attached hydrogens (primary N) is 1. The van der Waals surface area contributed by atoms with Crippen LogP contribution in [0.15, 0.2) is 53.5 Å². The van der Waals surface area contributed by atoms with Gasteiger partial charge in [-0.1, -0.05) is 36.2 Å². The third-order valence-electron chi connectivity index (χ3n) is 4.67. The van der Waals surface area contributed by atoms with Gasteiger partial charge in [0.05, 0.1) is 13.7 Å². The molecule has 3 rings (SSSR count). The van der Waals surface area contributed by atoms with Crippen LogP contribution in [-0.4, -0.2) is 19.6 Å². The Balaban J connectivity index is 1.70. The van der Waals surface area contributed by atoms with Crippen LogP contribution in [0.25, 0.3) is 0 Å². The molecule has 0 saturated heterocycles. The standard InChI is InChI=1S/C19H22ClN3O/c1-24-15-9-7-14(8-10-15)23-18(21)22-13-19(11-4-12-19)16-5-2-3-6-17(16)20/h2-3,5-10H,4,11-13H2,1H3,(H3,21,22,23). The molecule has 0 bridgehead atoms. The number of nitrogens with zero attached hydrogens (tertiary/aromatic N) is 1. The van der Waals surface area contributed by atoms with Crippen LogP contribution in [0.5, 0.6) is 5.75 Å². The Morgan fingerprint density at radius 1 is 1.21 bits per heavy atom. The fourth-order valence-electron chi connectivity index (χ4n) is 3.11. The van der Waals surface area contributed by atoms with E-state index in [-0.39, 0.29) is 5.41 Å². The molecule has 4 nitrogen and oxygen atoms in total. The van der Waals surface area contributed by atoms with Gasteiger partial charge < -0.3 is 15.8 Å². The molecule has 0 aliphatic heterocycles. The lowest BCUT2D eigenvalue weighted by atomic mass is 9.64. The van der Waals surface area contributed by atoms with Crippen molar-refractivity contribution in [3.63, 3.8) is 0 Å². The minimum atomic E-state index is 0.0184. The minimum absolute atomic E-state index is 0.0184. The number of guanidine groups is 1. The van der Waals surface area contributed by atoms with E-state index < -0.39 is 0 Å². The van der Waals surface area contributed by atoms with E-state index in [2.05, 4.69) is 16.4 Å². The van der Waals surface area contributed by atoms with Crippen LogP contribution in [0, 0.1) is 0 Å². The second-order valence-corrected chi connectivity index (χ2v) is 6.58. The van der Waals surface area contributed by atoms with Crippen molar-refractivity contribution >= 4 is 23.2 Å². The summed E-state index contributed by atoms with van der Waals surface area (Å²) in [5.41, 5.74) is 8.14. The van der Waals surface area contributed by atoms with Gasteiger partial charge in [0.25, 0.3) is 0 Å². The molecule has 24 heavy (non-hydrogen) atoms. The first-order valence-corrected chi connectivity index (χ1v) is 8.47. The molecule has 0 atom stereocenters. The summed E-state index contributed by atoms with van der Waals surface area (Å²) in [6.07, 6.45) is 3.39. The van der Waals surface area contributed by atoms with Crippen molar-refractivity contribution in [2.24, 2.45) is 10.7 Å². The summed E-state index contributed by atoms with van der Waals surface area (Å²) < 4.78 is 5.15. The SMILES string of the molecule is COc1ccc(NC(N)=NCC2(c3ccccc3Cl)CCC2)cc1. The summed E-state index contributed by atoms with van der Waals surface area (Å²) in [4.78, 5) is 4.57. The van der Waals surface area contributed by atoms with Crippen molar-refractivity contribution in [1.82, 2.24) is 0 Å². The maximum Gasteiger partial charge on any atom is 0.193 e. The summed E-state index contributed by atoms with van der Waals surface area (Å²) in [6, 6.07) is 15.6. The molecule has 0 unspecified atom stereocenters. The third-order valence-corrected chi connectivity index (χ3v) is 5.00. The van der Waals surface area contributed by atoms with Crippen molar-refractivity contribution < 1.29 is 4.74 Å². The molecular weight excluding hydrogens is 322 g/mol. The van der Waals surface area contributed by atoms with Crippen molar-refractivity contribution in [2.45, 2.75) is 24.7 Å². The van der Waals surface area contributed by atoms with Gasteiger partial charge in [-0.15, -0.1) is 0 Å². The molecular formula is C19H22ClN3O. The highest BCUT2D eigenvalue weighted by Crippen LogP contribution is 2.46. The van der Waals surface area contributed by atoms with Gasteiger partial charge in [0.1, 0.15) is 5.75 Å². The third kappa shape index (κ3) is 3.49. The summed E-state index contributed by atoms with van der Waals surface area (Å²) in [5, 5.41) is 3.93. The molecule has 3 N–H and O–H groups in total. The molecule has 1 saturated carbocycles. The summed E-state index contributed by atoms with van der Waals surface area (Å²) in [5.74, 6) is 1.22. The minimum Gasteiger partial charge on any atom is -0.497 e. The lowest BCUT2D eigenvalue weighted by molar-refractivity contribution is 0.254. The Labute approximate surface area is 147 Å². The monoisotopic (exact) mass is 343 g/mol. The number of hydrogen-bond donors (Lipinski definition) is 2. The highest BCUT2D eigenvalue weighted by atomic mass is 35.5. The van der Waals surface area contributed by atoms with Crippen LogP contribution < -0.4 is 15.8 Å². The van der Waals surface area contributed by atoms with Crippen LogP contribution in [0.3, 0.4) is 0 Å². The van der Waals surface area contributed by atoms with Crippen molar-refractivity contribution in [3.05, 3.63) is 59.1 Å². The van der Waals surface area contributed by atoms with E-state index >= 15 is 0 Å². The molecule has 126 valence electrons. The first-order valence-electron chi connectivity index (χ1n) is 8.09. The summed E-state index contributed by atoms with van der Waals surface area (Å²) in [6.45, 7) is 0.645. The molecule has 1 aliphatic carbocycles. The van der Waals surface area contributed by atoms with Crippen LogP contribution in [-0.2, 0) is 5.41 Å². The smallest absolute Gasteiger partial charge is 0.193 e. The predicted molar refractivity (Wildman–Crippen MR) is 100 cm³/mol. The van der Waals surface area contributed by atoms with Gasteiger partial charge in [-0.3, -0.25) is 4.99 Å². The van der Waals surface area contributed by atoms with E-state index in [9.17, 15) is 0 Å². The number of ether oxygens (including phenoxy) is 1. The highest BCUT2D eigenvalue weighted by Gasteiger charge is 2.39. The van der Waals surface area contributed by atoms with E-state index in [0.717, 1.165) is 29.3 Å². The first-order chi connectivity index (χ1) is 11.6. The lowest BCUT2D eigenvalue weighted by Crippen LogP contribution is -2.39. The number of methoxy groups -OCH3 is 1. The molecule has 0 amide bonds. The van der Waals surface area contributed by atoms with Crippen molar-refractivity contribution in [1.29, 1.82) is 0 Å². The largest absolute Gasteiger partial charge is 0.497 e. The van der Waals surface area contributed by atoms with Gasteiger partial charge in [0.15, 0.2) is 5.96 Å². The maximum atomic E-state index is 6.39. The van der Waals surface area contributed by atoms with E-state index in [4.69, 9.17) is 22.1 Å². The average molecular weight is 344 g/mol. The number of rotatable bonds is 5. The summed E-state index contributed by atoms with van der Waals surface area (Å²) in [7, 11) is 1.64. The van der Waals surface area contributed by atoms with Crippen LogP contribution >= 0.6 is 11.6 Å². The van der Waals surface area contributed by atoms with Crippen molar-refractivity contribution in [3.8, 4) is 5.75 Å². The van der Waals surface area contributed by atoms with Gasteiger partial charge in [-0.05, 0) is 48.7 Å². The van der Waals surface area contributed by atoms with E-state index in [1.165, 1.54) is 12.0 Å². The molecule has 1 aliphatic rings. The Morgan fingerprint density at radius 3 is 2.50 bits per heavy atom. The molecule has 2 aromatic carbocycles. The highest BCUT2D eigenvalue weighted by molar-refractivity contribution is 6.31. The quantitative estimate of drug-likeness (QED) is 0.632. The number of aliphatic imine (C=N–C) groups is 1. The van der Waals surface area contributed by atoms with Crippen LogP contribution in [0.2, 0.25) is 5.02 Å². The van der Waals surface area contributed by atoms with E-state index in [1.807, 2.05) is 42.5 Å². The second-order valence-electron chi connectivity index (χ2n) is 6.17. The maximum absolute atomic E-state index is 6.39. The van der Waals surface area contributed by atoms with Gasteiger partial charge in [-0.25, -0.2) is 0 Å². The zero-order chi connectivity index (χ0) is 17.0. The number of hydrogen-bond acceptors (Lipinski definition) is 2. The molecule has 0 heterocycles. The Hall–Kier alpha value is -2.20. The van der Waals surface area contributed by atoms with Crippen LogP contribution in [0.4, 0.5) is 5.69 Å². The Kier molecular flexibility index (Phi) is 4.95. The molecule has 0 aromatic heterocycles. The fraction of sp³-hybridized carbons (Fsp3) is 0.316. The zero-order valence-corrected chi connectivity index (χ0v) is 14.5. The van der Waals surface area contributed by atoms with Gasteiger partial charge in [0.2, 0.25) is 0 Å². The number of nitrogens with one attached hydrogen (secondary N) is 1. The molecule has 1 fully saturated rings.